The highest BCUT2D eigenvalue weighted by Gasteiger charge is 2.29. The molecule has 0 atom stereocenters. The number of para-hydroxylation sites is 1. The van der Waals surface area contributed by atoms with Gasteiger partial charge in [0.2, 0.25) is 0 Å². The number of carboxylic acid groups (broad SMARTS) is 1. The van der Waals surface area contributed by atoms with Crippen LogP contribution in [0.2, 0.25) is 0 Å². The number of thiazole rings is 1. The fraction of sp³-hybridized carbons (Fsp3) is 0.283. The number of anilines is 2. The number of hydrogen-bond acceptors (Lipinski definition) is 9. The molecule has 6 aromatic rings. The van der Waals surface area contributed by atoms with E-state index in [1.807, 2.05) is 119 Å². The number of pyridine rings is 1. The monoisotopic (exact) mass is 782 g/mol. The minimum absolute atomic E-state index is 0.184. The minimum atomic E-state index is -0.813. The number of hydrogen-bond donors (Lipinski definition) is 2. The van der Waals surface area contributed by atoms with Crippen LogP contribution in [-0.2, 0) is 28.9 Å². The highest BCUT2D eigenvalue weighted by molar-refractivity contribution is 7.22. The maximum atomic E-state index is 13.9. The maximum Gasteiger partial charge on any atom is 0.358 e. The number of nitrogens with one attached hydrogen (secondary N) is 1. The summed E-state index contributed by atoms with van der Waals surface area (Å²) in [4.78, 5) is 50.8. The summed E-state index contributed by atoms with van der Waals surface area (Å²) < 4.78 is 13.3. The molecule has 0 saturated carbocycles. The van der Waals surface area contributed by atoms with Crippen molar-refractivity contribution >= 4 is 50.3 Å². The minimum Gasteiger partial charge on any atom is -0.481 e. The molecule has 1 aliphatic rings. The summed E-state index contributed by atoms with van der Waals surface area (Å²) in [5.41, 5.74) is 5.27. The Morgan fingerprint density at radius 2 is 1.61 bits per heavy atom. The first kappa shape index (κ1) is 39.2. The number of ether oxygens (including phenoxy) is 2. The Balaban J connectivity index is 1.15. The largest absolute Gasteiger partial charge is 0.481 e. The van der Waals surface area contributed by atoms with Gasteiger partial charge in [0, 0.05) is 24.2 Å². The van der Waals surface area contributed by atoms with Crippen molar-refractivity contribution in [3.8, 4) is 22.6 Å². The lowest BCUT2D eigenvalue weighted by Gasteiger charge is -2.31. The molecule has 4 aromatic carbocycles. The van der Waals surface area contributed by atoms with Gasteiger partial charge in [0.05, 0.1) is 15.6 Å². The number of carboxylic acids is 1. The molecule has 292 valence electrons. The third-order valence-electron chi connectivity index (χ3n) is 10.2. The van der Waals surface area contributed by atoms with Gasteiger partial charge in [-0.1, -0.05) is 59.9 Å². The SMILES string of the molecule is Cc1c(Oc2ccc(CCC(C)(C)C(=O)O)cc2)cccc1-c1ccc(N2CCc3cccc(C(=O)Nc4nc5ccccc5s4)c3C2)nc1C(=O)OC(C)(C)C. The van der Waals surface area contributed by atoms with Crippen LogP contribution in [0.3, 0.4) is 0 Å². The van der Waals surface area contributed by atoms with Gasteiger partial charge in [-0.15, -0.1) is 0 Å². The van der Waals surface area contributed by atoms with Gasteiger partial charge in [0.15, 0.2) is 10.8 Å². The van der Waals surface area contributed by atoms with Crippen LogP contribution >= 0.6 is 11.3 Å². The molecule has 0 unspecified atom stereocenters. The van der Waals surface area contributed by atoms with Crippen molar-refractivity contribution in [1.29, 1.82) is 0 Å². The van der Waals surface area contributed by atoms with Crippen LogP contribution in [0.1, 0.15) is 84.1 Å². The molecule has 2 aromatic heterocycles. The number of benzene rings is 4. The summed E-state index contributed by atoms with van der Waals surface area (Å²) in [5.74, 6) is 0.279. The quantitative estimate of drug-likeness (QED) is 0.123. The van der Waals surface area contributed by atoms with Crippen molar-refractivity contribution in [2.24, 2.45) is 5.41 Å². The second kappa shape index (κ2) is 15.8. The highest BCUT2D eigenvalue weighted by Crippen LogP contribution is 2.37. The first-order chi connectivity index (χ1) is 27.1. The second-order valence-corrected chi connectivity index (χ2v) is 17.0. The predicted octanol–water partition coefficient (Wildman–Crippen LogP) is 10.3. The zero-order valence-electron chi connectivity index (χ0n) is 33.0. The second-order valence-electron chi connectivity index (χ2n) is 16.0. The first-order valence-corrected chi connectivity index (χ1v) is 19.8. The van der Waals surface area contributed by atoms with Crippen molar-refractivity contribution in [3.63, 3.8) is 0 Å². The van der Waals surface area contributed by atoms with Gasteiger partial charge in [-0.05, 0) is 137 Å². The van der Waals surface area contributed by atoms with Crippen molar-refractivity contribution < 1.29 is 29.0 Å². The molecular weight excluding hydrogens is 737 g/mol. The van der Waals surface area contributed by atoms with Crippen molar-refractivity contribution in [2.75, 3.05) is 16.8 Å². The topological polar surface area (TPSA) is 131 Å². The van der Waals surface area contributed by atoms with E-state index in [0.29, 0.717) is 65.9 Å². The van der Waals surface area contributed by atoms with Crippen molar-refractivity contribution in [1.82, 2.24) is 9.97 Å². The summed E-state index contributed by atoms with van der Waals surface area (Å²) in [7, 11) is 0. The zero-order valence-corrected chi connectivity index (χ0v) is 33.8. The lowest BCUT2D eigenvalue weighted by Crippen LogP contribution is -2.33. The first-order valence-electron chi connectivity index (χ1n) is 19.0. The third-order valence-corrected chi connectivity index (χ3v) is 11.1. The van der Waals surface area contributed by atoms with E-state index in [9.17, 15) is 19.5 Å². The van der Waals surface area contributed by atoms with Gasteiger partial charge in [-0.25, -0.2) is 14.8 Å². The number of esters is 1. The number of nitrogens with zero attached hydrogens (tertiary/aromatic N) is 3. The number of aliphatic carboxylic acids is 1. The van der Waals surface area contributed by atoms with Gasteiger partial charge in [-0.2, -0.15) is 0 Å². The van der Waals surface area contributed by atoms with Gasteiger partial charge < -0.3 is 19.5 Å². The average molecular weight is 783 g/mol. The van der Waals surface area contributed by atoms with Crippen LogP contribution in [0.15, 0.2) is 97.1 Å². The highest BCUT2D eigenvalue weighted by atomic mass is 32.1. The van der Waals surface area contributed by atoms with Gasteiger partial charge >= 0.3 is 11.9 Å². The summed E-state index contributed by atoms with van der Waals surface area (Å²) in [6.45, 7) is 12.0. The smallest absolute Gasteiger partial charge is 0.358 e. The molecule has 2 N–H and O–H groups in total. The standard InChI is InChI=1S/C46H46N4O6S/c1-28-32(12-10-15-37(28)55-31-19-17-29(18-20-31)23-25-46(5,6)43(53)54)33-21-22-39(48-40(33)42(52)56-45(2,3)4)50-26-24-30-11-9-13-34(35(30)27-50)41(51)49-44-47-36-14-7-8-16-38(36)57-44/h7-22H,23-27H2,1-6H3,(H,53,54)(H,47,49,51). The van der Waals surface area contributed by atoms with Gasteiger partial charge in [0.25, 0.3) is 5.91 Å². The Morgan fingerprint density at radius 1 is 0.860 bits per heavy atom. The van der Waals surface area contributed by atoms with Crippen LogP contribution in [0.5, 0.6) is 11.5 Å². The van der Waals surface area contributed by atoms with Gasteiger partial charge in [-0.3, -0.25) is 14.9 Å². The lowest BCUT2D eigenvalue weighted by molar-refractivity contribution is -0.147. The molecule has 0 saturated heterocycles. The molecule has 0 aliphatic carbocycles. The summed E-state index contributed by atoms with van der Waals surface area (Å²) >= 11 is 1.44. The van der Waals surface area contributed by atoms with Gasteiger partial charge in [0.1, 0.15) is 22.9 Å². The Labute approximate surface area is 336 Å². The average Bonchev–Trinajstić information content (AvgIpc) is 3.59. The third kappa shape index (κ3) is 8.84. The van der Waals surface area contributed by atoms with Crippen molar-refractivity contribution in [2.45, 2.75) is 73.0 Å². The van der Waals surface area contributed by atoms with Crippen LogP contribution in [-0.4, -0.2) is 45.1 Å². The molecule has 1 aliphatic heterocycles. The van der Waals surface area contributed by atoms with E-state index in [4.69, 9.17) is 14.5 Å². The van der Waals surface area contributed by atoms with E-state index in [0.717, 1.165) is 38.0 Å². The fourth-order valence-electron chi connectivity index (χ4n) is 6.84. The Hall–Kier alpha value is -6.07. The van der Waals surface area contributed by atoms with E-state index in [2.05, 4.69) is 21.3 Å². The van der Waals surface area contributed by atoms with E-state index in [-0.39, 0.29) is 11.6 Å². The van der Waals surface area contributed by atoms with Crippen LogP contribution in [0, 0.1) is 12.3 Å². The summed E-state index contributed by atoms with van der Waals surface area (Å²) in [6, 6.07) is 30.8. The fourth-order valence-corrected chi connectivity index (χ4v) is 7.70. The number of aryl methyl sites for hydroxylation is 1. The molecule has 11 heteroatoms. The summed E-state index contributed by atoms with van der Waals surface area (Å²) in [6.07, 6.45) is 1.85. The van der Waals surface area contributed by atoms with E-state index >= 15 is 0 Å². The number of rotatable bonds is 11. The van der Waals surface area contributed by atoms with Crippen LogP contribution in [0.4, 0.5) is 10.9 Å². The molecule has 0 bridgehead atoms. The van der Waals surface area contributed by atoms with E-state index in [1.54, 1.807) is 13.8 Å². The molecular formula is C46H46N4O6S. The molecule has 0 radical (unpaired) electrons. The number of carbonyl (C=O) groups is 3. The van der Waals surface area contributed by atoms with Crippen LogP contribution in [0.25, 0.3) is 21.3 Å². The zero-order chi connectivity index (χ0) is 40.5. The van der Waals surface area contributed by atoms with Crippen molar-refractivity contribution in [3.05, 3.63) is 131 Å². The molecule has 0 fully saturated rings. The molecule has 10 nitrogen and oxygen atoms in total. The normalized spacial score (nSPS) is 12.9. The number of carbonyl (C=O) groups excluding carboxylic acids is 2. The molecule has 1 amide bonds. The molecule has 3 heterocycles. The van der Waals surface area contributed by atoms with E-state index < -0.39 is 23.0 Å². The molecule has 57 heavy (non-hydrogen) atoms. The van der Waals surface area contributed by atoms with Crippen LogP contribution < -0.4 is 15.0 Å². The Morgan fingerprint density at radius 3 is 2.35 bits per heavy atom. The maximum absolute atomic E-state index is 13.9. The lowest BCUT2D eigenvalue weighted by atomic mass is 9.86. The number of amides is 1. The predicted molar refractivity (Wildman–Crippen MR) is 225 cm³/mol. The van der Waals surface area contributed by atoms with E-state index in [1.165, 1.54) is 11.3 Å². The Bertz CT molecular complexity index is 2450. The number of fused-ring (bicyclic) bond motifs is 2. The molecule has 0 spiro atoms. The Kier molecular flexibility index (Phi) is 10.9. The molecule has 7 rings (SSSR count). The summed E-state index contributed by atoms with van der Waals surface area (Å²) in [5, 5.41) is 13.0. The number of aromatic nitrogens is 2.